The van der Waals surface area contributed by atoms with Crippen LogP contribution in [0.1, 0.15) is 15.9 Å². The maximum Gasteiger partial charge on any atom is 0.339 e. The topological polar surface area (TPSA) is 69.7 Å². The molecular weight excluding hydrogens is 311 g/mol. The van der Waals surface area contributed by atoms with E-state index in [1.54, 1.807) is 0 Å². The average molecular weight is 324 g/mol. The number of carbonyl (C=O) groups excluding carboxylic acids is 1. The number of rotatable bonds is 4. The van der Waals surface area contributed by atoms with Gasteiger partial charge in [-0.15, -0.1) is 0 Å². The molecule has 0 radical (unpaired) electrons. The summed E-state index contributed by atoms with van der Waals surface area (Å²) >= 11 is 0. The van der Waals surface area contributed by atoms with E-state index in [1.165, 1.54) is 44.4 Å². The molecule has 7 heteroatoms. The van der Waals surface area contributed by atoms with E-state index in [0.29, 0.717) is 5.56 Å². The molecule has 0 spiro atoms. The predicted octanol–water partition coefficient (Wildman–Crippen LogP) is 2.69. The van der Waals surface area contributed by atoms with E-state index in [-0.39, 0.29) is 16.2 Å². The number of halogens is 1. The molecule has 0 aliphatic rings. The number of aryl methyl sites for hydroxylation is 1. The monoisotopic (exact) mass is 324 g/mol. The van der Waals surface area contributed by atoms with Gasteiger partial charge in [-0.25, -0.2) is 9.18 Å². The van der Waals surface area contributed by atoms with Crippen molar-refractivity contribution in [2.24, 2.45) is 0 Å². The molecule has 0 aliphatic carbocycles. The highest BCUT2D eigenvalue weighted by molar-refractivity contribution is 7.87. The van der Waals surface area contributed by atoms with Gasteiger partial charge in [0.2, 0.25) is 0 Å². The molecule has 2 aromatic carbocycles. The molecule has 0 aromatic heterocycles. The van der Waals surface area contributed by atoms with Crippen LogP contribution in [0.5, 0.6) is 5.75 Å². The SMILES string of the molecule is COC(=O)c1cccc(OS(=O)(=O)c2cc(F)ccc2C)c1. The Morgan fingerprint density at radius 2 is 1.86 bits per heavy atom. The number of methoxy groups -OCH3 is 1. The van der Waals surface area contributed by atoms with Crippen LogP contribution in [0, 0.1) is 12.7 Å². The van der Waals surface area contributed by atoms with Gasteiger partial charge in [-0.1, -0.05) is 12.1 Å². The zero-order valence-electron chi connectivity index (χ0n) is 11.9. The molecule has 5 nitrogen and oxygen atoms in total. The van der Waals surface area contributed by atoms with Gasteiger partial charge in [0.1, 0.15) is 16.5 Å². The highest BCUT2D eigenvalue weighted by Crippen LogP contribution is 2.23. The average Bonchev–Trinajstić information content (AvgIpc) is 2.48. The van der Waals surface area contributed by atoms with E-state index < -0.39 is 21.9 Å². The van der Waals surface area contributed by atoms with Gasteiger partial charge < -0.3 is 8.92 Å². The van der Waals surface area contributed by atoms with E-state index in [4.69, 9.17) is 4.18 Å². The van der Waals surface area contributed by atoms with Gasteiger partial charge >= 0.3 is 16.1 Å². The minimum absolute atomic E-state index is 0.0634. The Hall–Kier alpha value is -2.41. The van der Waals surface area contributed by atoms with Gasteiger partial charge in [-0.3, -0.25) is 0 Å². The second-order valence-electron chi connectivity index (χ2n) is 4.47. The van der Waals surface area contributed by atoms with Crippen molar-refractivity contribution in [2.75, 3.05) is 7.11 Å². The second kappa shape index (κ2) is 6.15. The van der Waals surface area contributed by atoms with Crippen LogP contribution in [-0.4, -0.2) is 21.5 Å². The number of esters is 1. The summed E-state index contributed by atoms with van der Waals surface area (Å²) in [5.74, 6) is -1.37. The summed E-state index contributed by atoms with van der Waals surface area (Å²) < 4.78 is 47.2. The fourth-order valence-electron chi connectivity index (χ4n) is 1.81. The van der Waals surface area contributed by atoms with E-state index >= 15 is 0 Å². The van der Waals surface area contributed by atoms with Crippen molar-refractivity contribution in [2.45, 2.75) is 11.8 Å². The van der Waals surface area contributed by atoms with E-state index in [9.17, 15) is 17.6 Å². The van der Waals surface area contributed by atoms with Crippen LogP contribution in [0.25, 0.3) is 0 Å². The molecule has 0 aliphatic heterocycles. The van der Waals surface area contributed by atoms with E-state index in [1.807, 2.05) is 0 Å². The Kier molecular flexibility index (Phi) is 4.46. The van der Waals surface area contributed by atoms with Gasteiger partial charge in [-0.2, -0.15) is 8.42 Å². The molecular formula is C15H13FO5S. The zero-order valence-corrected chi connectivity index (χ0v) is 12.7. The quantitative estimate of drug-likeness (QED) is 0.639. The first-order chi connectivity index (χ1) is 10.3. The first kappa shape index (κ1) is 16.0. The van der Waals surface area contributed by atoms with Crippen molar-refractivity contribution >= 4 is 16.1 Å². The van der Waals surface area contributed by atoms with Crippen LogP contribution in [0.2, 0.25) is 0 Å². The molecule has 2 rings (SSSR count). The second-order valence-corrected chi connectivity index (χ2v) is 5.98. The van der Waals surface area contributed by atoms with E-state index in [2.05, 4.69) is 4.74 Å². The molecule has 0 fully saturated rings. The van der Waals surface area contributed by atoms with Gasteiger partial charge in [0.15, 0.2) is 0 Å². The summed E-state index contributed by atoms with van der Waals surface area (Å²) in [5, 5.41) is 0. The Bertz CT molecular complexity index is 814. The van der Waals surface area contributed by atoms with Gasteiger partial charge in [0, 0.05) is 0 Å². The fourth-order valence-corrected chi connectivity index (χ4v) is 2.97. The lowest BCUT2D eigenvalue weighted by Crippen LogP contribution is -2.12. The standard InChI is InChI=1S/C15H13FO5S/c1-10-6-7-12(16)9-14(10)22(18,19)21-13-5-3-4-11(8-13)15(17)20-2/h3-9H,1-2H3. The van der Waals surface area contributed by atoms with Crippen molar-refractivity contribution in [1.82, 2.24) is 0 Å². The van der Waals surface area contributed by atoms with Crippen LogP contribution >= 0.6 is 0 Å². The lowest BCUT2D eigenvalue weighted by Gasteiger charge is -2.10. The summed E-state index contributed by atoms with van der Waals surface area (Å²) in [6.07, 6.45) is 0. The number of hydrogen-bond acceptors (Lipinski definition) is 5. The van der Waals surface area contributed by atoms with Crippen molar-refractivity contribution in [3.8, 4) is 5.75 Å². The summed E-state index contributed by atoms with van der Waals surface area (Å²) in [6, 6.07) is 8.91. The van der Waals surface area contributed by atoms with Crippen molar-refractivity contribution in [3.05, 3.63) is 59.4 Å². The molecule has 0 heterocycles. The van der Waals surface area contributed by atoms with Crippen LogP contribution in [-0.2, 0) is 14.9 Å². The third kappa shape index (κ3) is 3.43. The summed E-state index contributed by atoms with van der Waals surface area (Å²) in [5.41, 5.74) is 0.497. The minimum atomic E-state index is -4.21. The Morgan fingerprint density at radius 1 is 1.14 bits per heavy atom. The third-order valence-electron chi connectivity index (χ3n) is 2.88. The maximum atomic E-state index is 13.3. The molecule has 2 aromatic rings. The normalized spacial score (nSPS) is 11.0. The molecule has 0 bridgehead atoms. The summed E-state index contributed by atoms with van der Waals surface area (Å²) in [6.45, 7) is 1.53. The lowest BCUT2D eigenvalue weighted by atomic mass is 10.2. The molecule has 0 N–H and O–H groups in total. The first-order valence-corrected chi connectivity index (χ1v) is 7.63. The Balaban J connectivity index is 2.37. The number of hydrogen-bond donors (Lipinski definition) is 0. The summed E-state index contributed by atoms with van der Waals surface area (Å²) in [4.78, 5) is 11.2. The minimum Gasteiger partial charge on any atom is -0.465 e. The molecule has 22 heavy (non-hydrogen) atoms. The maximum absolute atomic E-state index is 13.3. The third-order valence-corrected chi connectivity index (χ3v) is 4.27. The van der Waals surface area contributed by atoms with Gasteiger partial charge in [-0.05, 0) is 42.8 Å². The molecule has 0 amide bonds. The van der Waals surface area contributed by atoms with Crippen LogP contribution < -0.4 is 4.18 Å². The van der Waals surface area contributed by atoms with E-state index in [0.717, 1.165) is 12.1 Å². The largest absolute Gasteiger partial charge is 0.465 e. The predicted molar refractivity (Wildman–Crippen MR) is 76.7 cm³/mol. The van der Waals surface area contributed by atoms with Crippen LogP contribution in [0.15, 0.2) is 47.4 Å². The molecule has 0 atom stereocenters. The Morgan fingerprint density at radius 3 is 2.55 bits per heavy atom. The highest BCUT2D eigenvalue weighted by atomic mass is 32.2. The summed E-state index contributed by atoms with van der Waals surface area (Å²) in [7, 11) is -3.00. The van der Waals surface area contributed by atoms with Crippen LogP contribution in [0.4, 0.5) is 4.39 Å². The van der Waals surface area contributed by atoms with Crippen molar-refractivity contribution in [1.29, 1.82) is 0 Å². The van der Waals surface area contributed by atoms with Gasteiger partial charge in [0.25, 0.3) is 0 Å². The molecule has 0 saturated heterocycles. The van der Waals surface area contributed by atoms with Crippen molar-refractivity contribution in [3.63, 3.8) is 0 Å². The molecule has 0 unspecified atom stereocenters. The van der Waals surface area contributed by atoms with Gasteiger partial charge in [0.05, 0.1) is 12.7 Å². The Labute approximate surface area is 127 Å². The molecule has 116 valence electrons. The number of ether oxygens (including phenoxy) is 1. The fraction of sp³-hybridized carbons (Fsp3) is 0.133. The first-order valence-electron chi connectivity index (χ1n) is 6.22. The van der Waals surface area contributed by atoms with Crippen molar-refractivity contribution < 1.29 is 26.5 Å². The van der Waals surface area contributed by atoms with Crippen LogP contribution in [0.3, 0.4) is 0 Å². The number of carbonyl (C=O) groups is 1. The number of benzene rings is 2. The highest BCUT2D eigenvalue weighted by Gasteiger charge is 2.20. The lowest BCUT2D eigenvalue weighted by molar-refractivity contribution is 0.0600. The smallest absolute Gasteiger partial charge is 0.339 e. The molecule has 0 saturated carbocycles. The zero-order chi connectivity index (χ0) is 16.3.